The van der Waals surface area contributed by atoms with Gasteiger partial charge in [0.25, 0.3) is 0 Å². The predicted octanol–water partition coefficient (Wildman–Crippen LogP) is 3.19. The Kier molecular flexibility index (Phi) is 4.98. The lowest BCUT2D eigenvalue weighted by Crippen LogP contribution is -2.38. The van der Waals surface area contributed by atoms with Crippen LogP contribution in [0.1, 0.15) is 31.9 Å². The molecule has 0 N–H and O–H groups in total. The van der Waals surface area contributed by atoms with Gasteiger partial charge in [-0.3, -0.25) is 4.79 Å². The number of likely N-dealkylation sites (N-methyl/N-ethyl adjacent to an activating group) is 1. The first-order valence-electron chi connectivity index (χ1n) is 6.67. The number of ether oxygens (including phenoxy) is 1. The van der Waals surface area contributed by atoms with Gasteiger partial charge >= 0.3 is 0 Å². The fourth-order valence-electron chi connectivity index (χ4n) is 1.99. The van der Waals surface area contributed by atoms with Crippen molar-refractivity contribution in [2.75, 3.05) is 20.2 Å². The van der Waals surface area contributed by atoms with Gasteiger partial charge in [-0.2, -0.15) is 0 Å². The molecule has 0 atom stereocenters. The second-order valence-electron chi connectivity index (χ2n) is 6.15. The molecule has 0 heterocycles. The third kappa shape index (κ3) is 4.93. The Bertz CT molecular complexity index is 426. The molecule has 0 spiro atoms. The molecule has 106 valence electrons. The molecule has 0 saturated heterocycles. The molecular formula is C16H25NO2. The van der Waals surface area contributed by atoms with E-state index in [0.29, 0.717) is 13.2 Å². The molecule has 1 aromatic rings. The summed E-state index contributed by atoms with van der Waals surface area (Å²) in [4.78, 5) is 13.7. The van der Waals surface area contributed by atoms with E-state index in [4.69, 9.17) is 4.74 Å². The number of carbonyl (C=O) groups is 1. The standard InChI is InChI=1S/C16H25NO2/c1-12-9-13(2)11-14(10-12)19-8-7-17(6)15(18)16(3,4)5/h9-11H,7-8H2,1-6H3. The molecule has 1 rings (SSSR count). The Balaban J connectivity index is 2.48. The summed E-state index contributed by atoms with van der Waals surface area (Å²) < 4.78 is 5.71. The van der Waals surface area contributed by atoms with E-state index in [1.807, 2.05) is 40.0 Å². The van der Waals surface area contributed by atoms with Gasteiger partial charge in [0.05, 0.1) is 6.54 Å². The number of hydrogen-bond acceptors (Lipinski definition) is 2. The lowest BCUT2D eigenvalue weighted by Gasteiger charge is -2.25. The van der Waals surface area contributed by atoms with Crippen LogP contribution in [0, 0.1) is 19.3 Å². The fraction of sp³-hybridized carbons (Fsp3) is 0.562. The zero-order chi connectivity index (χ0) is 14.6. The summed E-state index contributed by atoms with van der Waals surface area (Å²) in [6, 6.07) is 6.14. The molecule has 0 aromatic heterocycles. The number of carbonyl (C=O) groups excluding carboxylic acids is 1. The van der Waals surface area contributed by atoms with Crippen molar-refractivity contribution in [3.05, 3.63) is 29.3 Å². The third-order valence-electron chi connectivity index (χ3n) is 2.88. The van der Waals surface area contributed by atoms with E-state index >= 15 is 0 Å². The van der Waals surface area contributed by atoms with Crippen LogP contribution in [-0.4, -0.2) is 31.0 Å². The van der Waals surface area contributed by atoms with E-state index in [9.17, 15) is 4.79 Å². The molecule has 1 aromatic carbocycles. The topological polar surface area (TPSA) is 29.5 Å². The van der Waals surface area contributed by atoms with E-state index < -0.39 is 0 Å². The number of rotatable bonds is 4. The number of aryl methyl sites for hydroxylation is 2. The van der Waals surface area contributed by atoms with Gasteiger partial charge in [-0.25, -0.2) is 0 Å². The highest BCUT2D eigenvalue weighted by atomic mass is 16.5. The van der Waals surface area contributed by atoms with Gasteiger partial charge in [-0.05, 0) is 37.1 Å². The largest absolute Gasteiger partial charge is 0.492 e. The highest BCUT2D eigenvalue weighted by Gasteiger charge is 2.24. The molecular weight excluding hydrogens is 238 g/mol. The molecule has 3 heteroatoms. The van der Waals surface area contributed by atoms with Crippen molar-refractivity contribution >= 4 is 5.91 Å². The van der Waals surface area contributed by atoms with Gasteiger partial charge in [0.2, 0.25) is 5.91 Å². The minimum Gasteiger partial charge on any atom is -0.492 e. The van der Waals surface area contributed by atoms with Crippen LogP contribution < -0.4 is 4.74 Å². The minimum atomic E-state index is -0.339. The second-order valence-corrected chi connectivity index (χ2v) is 6.15. The third-order valence-corrected chi connectivity index (χ3v) is 2.88. The maximum absolute atomic E-state index is 12.0. The molecule has 19 heavy (non-hydrogen) atoms. The van der Waals surface area contributed by atoms with E-state index in [2.05, 4.69) is 19.9 Å². The average molecular weight is 263 g/mol. The van der Waals surface area contributed by atoms with Crippen molar-refractivity contribution in [2.24, 2.45) is 5.41 Å². The lowest BCUT2D eigenvalue weighted by atomic mass is 9.95. The Morgan fingerprint density at radius 1 is 1.16 bits per heavy atom. The van der Waals surface area contributed by atoms with Crippen molar-refractivity contribution in [3.8, 4) is 5.75 Å². The highest BCUT2D eigenvalue weighted by Crippen LogP contribution is 2.17. The monoisotopic (exact) mass is 263 g/mol. The summed E-state index contributed by atoms with van der Waals surface area (Å²) in [5, 5.41) is 0. The minimum absolute atomic E-state index is 0.136. The molecule has 3 nitrogen and oxygen atoms in total. The van der Waals surface area contributed by atoms with Gasteiger partial charge < -0.3 is 9.64 Å². The molecule has 0 fully saturated rings. The Labute approximate surface area is 116 Å². The molecule has 0 aliphatic carbocycles. The van der Waals surface area contributed by atoms with Crippen LogP contribution in [0.15, 0.2) is 18.2 Å². The first-order valence-corrected chi connectivity index (χ1v) is 6.67. The molecule has 0 bridgehead atoms. The van der Waals surface area contributed by atoms with Gasteiger partial charge in [-0.15, -0.1) is 0 Å². The normalized spacial score (nSPS) is 11.3. The quantitative estimate of drug-likeness (QED) is 0.835. The van der Waals surface area contributed by atoms with Gasteiger partial charge in [-0.1, -0.05) is 26.8 Å². The summed E-state index contributed by atoms with van der Waals surface area (Å²) in [6.45, 7) is 11.0. The maximum atomic E-state index is 12.0. The molecule has 0 radical (unpaired) electrons. The molecule has 0 unspecified atom stereocenters. The van der Waals surface area contributed by atoms with Crippen LogP contribution in [0.3, 0.4) is 0 Å². The van der Waals surface area contributed by atoms with E-state index in [-0.39, 0.29) is 11.3 Å². The van der Waals surface area contributed by atoms with E-state index in [1.165, 1.54) is 11.1 Å². The second kappa shape index (κ2) is 6.09. The molecule has 0 aliphatic rings. The van der Waals surface area contributed by atoms with Crippen LogP contribution in [0.4, 0.5) is 0 Å². The predicted molar refractivity (Wildman–Crippen MR) is 78.5 cm³/mol. The molecule has 0 aliphatic heterocycles. The van der Waals surface area contributed by atoms with Crippen LogP contribution >= 0.6 is 0 Å². The van der Waals surface area contributed by atoms with Crippen molar-refractivity contribution in [1.82, 2.24) is 4.90 Å². The van der Waals surface area contributed by atoms with Crippen molar-refractivity contribution in [2.45, 2.75) is 34.6 Å². The summed E-state index contributed by atoms with van der Waals surface area (Å²) in [7, 11) is 1.82. The van der Waals surface area contributed by atoms with Crippen LogP contribution in [0.5, 0.6) is 5.75 Å². The van der Waals surface area contributed by atoms with Crippen molar-refractivity contribution < 1.29 is 9.53 Å². The number of hydrogen-bond donors (Lipinski definition) is 0. The average Bonchev–Trinajstić information content (AvgIpc) is 2.25. The maximum Gasteiger partial charge on any atom is 0.227 e. The first kappa shape index (κ1) is 15.5. The van der Waals surface area contributed by atoms with Gasteiger partial charge in [0.15, 0.2) is 0 Å². The van der Waals surface area contributed by atoms with Crippen molar-refractivity contribution in [3.63, 3.8) is 0 Å². The highest BCUT2D eigenvalue weighted by molar-refractivity contribution is 5.81. The van der Waals surface area contributed by atoms with Crippen LogP contribution in [-0.2, 0) is 4.79 Å². The van der Waals surface area contributed by atoms with Gasteiger partial charge in [0.1, 0.15) is 12.4 Å². The summed E-state index contributed by atoms with van der Waals surface area (Å²) in [5.41, 5.74) is 2.04. The molecule has 0 saturated carbocycles. The lowest BCUT2D eigenvalue weighted by molar-refractivity contribution is -0.138. The Hall–Kier alpha value is -1.51. The smallest absolute Gasteiger partial charge is 0.227 e. The summed E-state index contributed by atoms with van der Waals surface area (Å²) >= 11 is 0. The zero-order valence-electron chi connectivity index (χ0n) is 12.9. The molecule has 1 amide bonds. The Morgan fingerprint density at radius 2 is 1.68 bits per heavy atom. The van der Waals surface area contributed by atoms with Crippen LogP contribution in [0.2, 0.25) is 0 Å². The van der Waals surface area contributed by atoms with Crippen LogP contribution in [0.25, 0.3) is 0 Å². The van der Waals surface area contributed by atoms with E-state index in [1.54, 1.807) is 4.90 Å². The number of amides is 1. The summed E-state index contributed by atoms with van der Waals surface area (Å²) in [5.74, 6) is 1.01. The fourth-order valence-corrected chi connectivity index (χ4v) is 1.99. The number of benzene rings is 1. The zero-order valence-corrected chi connectivity index (χ0v) is 12.9. The Morgan fingerprint density at radius 3 is 2.16 bits per heavy atom. The summed E-state index contributed by atoms with van der Waals surface area (Å²) in [6.07, 6.45) is 0. The van der Waals surface area contributed by atoms with E-state index in [0.717, 1.165) is 5.75 Å². The van der Waals surface area contributed by atoms with Crippen molar-refractivity contribution in [1.29, 1.82) is 0 Å². The van der Waals surface area contributed by atoms with Gasteiger partial charge in [0, 0.05) is 12.5 Å². The SMILES string of the molecule is Cc1cc(C)cc(OCCN(C)C(=O)C(C)(C)C)c1. The first-order chi connectivity index (χ1) is 8.70. The number of nitrogens with zero attached hydrogens (tertiary/aromatic N) is 1.